The molecule has 1 aromatic heterocycles. The first-order chi connectivity index (χ1) is 32.3. The van der Waals surface area contributed by atoms with Gasteiger partial charge in [0.25, 0.3) is 0 Å². The summed E-state index contributed by atoms with van der Waals surface area (Å²) in [6.07, 6.45) is -46.2. The second-order valence-corrected chi connectivity index (χ2v) is 17.0. The topological polar surface area (TPSA) is 446 Å². The number of ether oxygens (including phenoxy) is 10. The Labute approximate surface area is 383 Å². The molecule has 0 spiro atoms. The van der Waals surface area contributed by atoms with E-state index in [1.54, 1.807) is 13.0 Å². The highest BCUT2D eigenvalue weighted by Gasteiger charge is 2.56. The Balaban J connectivity index is 0.985. The fourth-order valence-electron chi connectivity index (χ4n) is 8.62. The summed E-state index contributed by atoms with van der Waals surface area (Å²) in [4.78, 5) is 12.0. The van der Waals surface area contributed by atoms with E-state index in [9.17, 15) is 86.5 Å². The second kappa shape index (κ2) is 22.3. The third-order valence-electron chi connectivity index (χ3n) is 12.5. The van der Waals surface area contributed by atoms with Crippen LogP contribution < -0.4 is 10.4 Å². The lowest BCUT2D eigenvalue weighted by Gasteiger charge is -2.49. The first-order valence-corrected chi connectivity index (χ1v) is 21.5. The molecule has 25 atom stereocenters. The van der Waals surface area contributed by atoms with E-state index in [1.807, 2.05) is 0 Å². The average Bonchev–Trinajstić information content (AvgIpc) is 3.32. The van der Waals surface area contributed by atoms with Crippen molar-refractivity contribution in [2.45, 2.75) is 160 Å². The zero-order valence-electron chi connectivity index (χ0n) is 35.8. The number of rotatable bonds is 15. The van der Waals surface area contributed by atoms with Crippen molar-refractivity contribution < 1.29 is 133 Å². The highest BCUT2D eigenvalue weighted by Crippen LogP contribution is 2.36. The van der Waals surface area contributed by atoms with E-state index in [-0.39, 0.29) is 11.3 Å². The van der Waals surface area contributed by atoms with Crippen LogP contribution in [0.4, 0.5) is 0 Å². The van der Waals surface area contributed by atoms with Crippen molar-refractivity contribution >= 4 is 11.0 Å². The fourth-order valence-corrected chi connectivity index (χ4v) is 8.62. The van der Waals surface area contributed by atoms with Gasteiger partial charge in [-0.2, -0.15) is 0 Å². The zero-order valence-corrected chi connectivity index (χ0v) is 35.8. The lowest BCUT2D eigenvalue weighted by molar-refractivity contribution is -0.392. The molecule has 0 aliphatic carbocycles. The van der Waals surface area contributed by atoms with Gasteiger partial charge in [-0.05, 0) is 24.6 Å². The first-order valence-electron chi connectivity index (χ1n) is 21.5. The summed E-state index contributed by atoms with van der Waals surface area (Å²) in [5, 5.41) is 171. The summed E-state index contributed by atoms with van der Waals surface area (Å²) >= 11 is 0. The van der Waals surface area contributed by atoms with Crippen molar-refractivity contribution in [1.29, 1.82) is 0 Å². The first kappa shape index (κ1) is 53.0. The van der Waals surface area contributed by atoms with Crippen molar-refractivity contribution in [3.8, 4) is 5.75 Å². The van der Waals surface area contributed by atoms with E-state index >= 15 is 0 Å². The number of aliphatic hydroxyl groups is 16. The van der Waals surface area contributed by atoms with Crippen LogP contribution >= 0.6 is 0 Å². The number of hydrogen-bond acceptors (Lipinski definition) is 28. The van der Waals surface area contributed by atoms with Crippen LogP contribution in [0.3, 0.4) is 0 Å². The van der Waals surface area contributed by atoms with Crippen molar-refractivity contribution in [3.05, 3.63) is 40.2 Å². The summed E-state index contributed by atoms with van der Waals surface area (Å²) in [5.74, 6) is 0.0238. The van der Waals surface area contributed by atoms with Crippen LogP contribution in [0, 0.1) is 6.92 Å². The monoisotopic (exact) mass is 986 g/mol. The molecular weight excluding hydrogens is 928 g/mol. The molecule has 0 saturated carbocycles. The lowest BCUT2D eigenvalue weighted by Crippen LogP contribution is -2.68. The van der Waals surface area contributed by atoms with Gasteiger partial charge in [-0.1, -0.05) is 0 Å². The van der Waals surface area contributed by atoms with Gasteiger partial charge >= 0.3 is 5.63 Å². The molecule has 5 aliphatic rings. The summed E-state index contributed by atoms with van der Waals surface area (Å²) in [6.45, 7) is -2.89. The van der Waals surface area contributed by atoms with Gasteiger partial charge < -0.3 is 133 Å². The molecule has 28 heteroatoms. The van der Waals surface area contributed by atoms with E-state index in [1.165, 1.54) is 18.2 Å². The molecule has 5 aliphatic heterocycles. The average molecular weight is 987 g/mol. The van der Waals surface area contributed by atoms with Gasteiger partial charge in [0.05, 0.1) is 33.0 Å². The molecule has 5 fully saturated rings. The molecule has 0 amide bonds. The number of aryl methyl sites for hydroxylation is 1. The Bertz CT molecular complexity index is 1990. The molecule has 6 heterocycles. The van der Waals surface area contributed by atoms with Gasteiger partial charge in [-0.25, -0.2) is 4.79 Å². The van der Waals surface area contributed by atoms with Crippen LogP contribution in [-0.4, -0.2) is 268 Å². The Hall–Kier alpha value is -2.77. The van der Waals surface area contributed by atoms with Crippen LogP contribution in [0.1, 0.15) is 5.56 Å². The standard InChI is InChI=1S/C40H58O28/c1-11-4-20(46)59-14-5-12(2-3-13(11)14)58-40-31(57)35(22(48)16(7-42)61-40)68-39-30(56)26(52)34(19(10-45)64-39)67-38-29(55)25(51)33(18(9-44)63-38)66-37-28(54)24(50)32(17(8-43)62-37)65-36-27(53)23(49)21(47)15(6-41)60-36/h2-5,15-19,21-45,47-57H,6-10H2,1H3/t15-,16-,17-,18-,19-,21-,22-,23+,24-,25-,26-,27-,28-,29-,30-,31-,32-,33-,34-,35+,36+,37+,38+,39+,40-/m1/s1. The molecule has 0 radical (unpaired) electrons. The largest absolute Gasteiger partial charge is 0.462 e. The molecule has 0 bridgehead atoms. The third kappa shape index (κ3) is 10.6. The fraction of sp³-hybridized carbons (Fsp3) is 0.775. The molecule has 0 unspecified atom stereocenters. The molecule has 28 nitrogen and oxygen atoms in total. The van der Waals surface area contributed by atoms with E-state index < -0.39 is 192 Å². The Morgan fingerprint density at radius 2 is 0.809 bits per heavy atom. The van der Waals surface area contributed by atoms with Crippen molar-refractivity contribution in [2.24, 2.45) is 0 Å². The van der Waals surface area contributed by atoms with E-state index in [4.69, 9.17) is 51.8 Å². The molecule has 16 N–H and O–H groups in total. The molecular formula is C40H58O28. The van der Waals surface area contributed by atoms with Crippen LogP contribution in [0.25, 0.3) is 11.0 Å². The molecule has 5 saturated heterocycles. The molecule has 68 heavy (non-hydrogen) atoms. The normalized spacial score (nSPS) is 45.9. The lowest BCUT2D eigenvalue weighted by atomic mass is 9.95. The molecule has 1 aromatic carbocycles. The highest BCUT2D eigenvalue weighted by atomic mass is 16.8. The van der Waals surface area contributed by atoms with Gasteiger partial charge in [-0.15, -0.1) is 0 Å². The smallest absolute Gasteiger partial charge is 0.336 e. The van der Waals surface area contributed by atoms with Crippen LogP contribution in [-0.2, 0) is 42.6 Å². The predicted octanol–water partition coefficient (Wildman–Crippen LogP) is -9.42. The maximum atomic E-state index is 12.0. The van der Waals surface area contributed by atoms with Crippen LogP contribution in [0.5, 0.6) is 5.75 Å². The van der Waals surface area contributed by atoms with Crippen LogP contribution in [0.15, 0.2) is 33.5 Å². The van der Waals surface area contributed by atoms with E-state index in [0.717, 1.165) is 0 Å². The maximum Gasteiger partial charge on any atom is 0.336 e. The van der Waals surface area contributed by atoms with Crippen LogP contribution in [0.2, 0.25) is 0 Å². The van der Waals surface area contributed by atoms with Gasteiger partial charge in [0.15, 0.2) is 25.2 Å². The maximum absolute atomic E-state index is 12.0. The number of benzene rings is 1. The molecule has 2 aromatic rings. The Kier molecular flexibility index (Phi) is 17.4. The third-order valence-corrected chi connectivity index (χ3v) is 12.5. The predicted molar refractivity (Wildman–Crippen MR) is 212 cm³/mol. The molecule has 386 valence electrons. The Morgan fingerprint density at radius 1 is 0.426 bits per heavy atom. The van der Waals surface area contributed by atoms with Gasteiger partial charge in [0.1, 0.15) is 133 Å². The highest BCUT2D eigenvalue weighted by molar-refractivity contribution is 5.81. The summed E-state index contributed by atoms with van der Waals surface area (Å²) in [6, 6.07) is 5.67. The minimum atomic E-state index is -2.15. The minimum Gasteiger partial charge on any atom is -0.462 e. The summed E-state index contributed by atoms with van der Waals surface area (Å²) in [7, 11) is 0. The molecule has 7 rings (SSSR count). The van der Waals surface area contributed by atoms with E-state index in [2.05, 4.69) is 0 Å². The number of fused-ring (bicyclic) bond motifs is 1. The van der Waals surface area contributed by atoms with Gasteiger partial charge in [0, 0.05) is 17.5 Å². The van der Waals surface area contributed by atoms with Crippen molar-refractivity contribution in [3.63, 3.8) is 0 Å². The summed E-state index contributed by atoms with van der Waals surface area (Å²) < 4.78 is 61.4. The van der Waals surface area contributed by atoms with Crippen molar-refractivity contribution in [1.82, 2.24) is 0 Å². The SMILES string of the molecule is Cc1cc(=O)oc2cc(O[C@@H]3O[C@H](CO)[C@@H](O)[C@H](O[C@@H]4O[C@H](CO)[C@@H](O[C@@H]5O[C@H](CO)[C@@H](O[C@@H]6O[C@H](CO)[C@@H](O[C@@H]7O[C@H](CO)[C@@H](O)[C@H](O)[C@H]7O)[C@H](O)[C@H]6O)[C@H](O)[C@H]5O)[C@H](O)[C@H]4O)[C@H]3O)ccc12. The van der Waals surface area contributed by atoms with Crippen molar-refractivity contribution in [2.75, 3.05) is 33.0 Å². The van der Waals surface area contributed by atoms with E-state index in [0.29, 0.717) is 10.9 Å². The second-order valence-electron chi connectivity index (χ2n) is 17.0. The minimum absolute atomic E-state index is 0.0238. The quantitative estimate of drug-likeness (QED) is 0.0737. The Morgan fingerprint density at radius 3 is 1.25 bits per heavy atom. The summed E-state index contributed by atoms with van der Waals surface area (Å²) in [5.41, 5.74) is 0.114. The van der Waals surface area contributed by atoms with Gasteiger partial charge in [0.2, 0.25) is 6.29 Å². The number of hydrogen-bond donors (Lipinski definition) is 16. The zero-order chi connectivity index (χ0) is 49.5. The van der Waals surface area contributed by atoms with Gasteiger partial charge in [-0.3, -0.25) is 0 Å². The number of aliphatic hydroxyl groups excluding tert-OH is 16.